The molecule has 0 bridgehead atoms. The summed E-state index contributed by atoms with van der Waals surface area (Å²) >= 11 is 1.43. The minimum Gasteiger partial charge on any atom is -0.481 e. The first kappa shape index (κ1) is 20.8. The molecule has 0 aromatic carbocycles. The number of carbonyl (C=O) groups excluding carboxylic acids is 2. The molecule has 0 N–H and O–H groups in total. The maximum atomic E-state index is 13.2. The first-order valence-corrected chi connectivity index (χ1v) is 11.5. The number of carbonyl (C=O) groups is 2. The Kier molecular flexibility index (Phi) is 6.32. The van der Waals surface area contributed by atoms with Gasteiger partial charge in [0.1, 0.15) is 4.88 Å². The third-order valence-electron chi connectivity index (χ3n) is 6.31. The molecule has 0 saturated carbocycles. The van der Waals surface area contributed by atoms with Crippen LogP contribution in [-0.4, -0.2) is 64.4 Å². The van der Waals surface area contributed by atoms with Crippen LogP contribution in [0.5, 0.6) is 5.88 Å². The van der Waals surface area contributed by atoms with Gasteiger partial charge in [-0.25, -0.2) is 9.97 Å². The van der Waals surface area contributed by atoms with Crippen molar-refractivity contribution in [3.05, 3.63) is 40.0 Å². The summed E-state index contributed by atoms with van der Waals surface area (Å²) in [5, 5.41) is 0. The van der Waals surface area contributed by atoms with E-state index >= 15 is 0 Å². The average molecular weight is 429 g/mol. The van der Waals surface area contributed by atoms with Gasteiger partial charge in [-0.1, -0.05) is 0 Å². The molecule has 2 amide bonds. The van der Waals surface area contributed by atoms with Crippen molar-refractivity contribution < 1.29 is 14.3 Å². The average Bonchev–Trinajstić information content (AvgIpc) is 3.24. The molecule has 2 aliphatic heterocycles. The Bertz CT molecular complexity index is 890. The lowest BCUT2D eigenvalue weighted by Gasteiger charge is -2.43. The monoisotopic (exact) mass is 428 g/mol. The summed E-state index contributed by atoms with van der Waals surface area (Å²) in [5.41, 5.74) is 3.16. The second-order valence-electron chi connectivity index (χ2n) is 8.05. The van der Waals surface area contributed by atoms with Gasteiger partial charge in [0.2, 0.25) is 5.88 Å². The molecule has 2 aromatic heterocycles. The number of amides is 2. The van der Waals surface area contributed by atoms with E-state index in [1.54, 1.807) is 30.9 Å². The summed E-state index contributed by atoms with van der Waals surface area (Å²) < 4.78 is 5.07. The number of methoxy groups -OCH3 is 1. The molecular weight excluding hydrogens is 400 g/mol. The van der Waals surface area contributed by atoms with Gasteiger partial charge in [0.15, 0.2) is 0 Å². The van der Waals surface area contributed by atoms with Crippen molar-refractivity contribution in [3.63, 3.8) is 0 Å². The molecule has 160 valence electrons. The Hall–Kier alpha value is -2.48. The van der Waals surface area contributed by atoms with Crippen molar-refractivity contribution in [1.82, 2.24) is 19.8 Å². The van der Waals surface area contributed by atoms with Gasteiger partial charge in [-0.15, -0.1) is 11.3 Å². The summed E-state index contributed by atoms with van der Waals surface area (Å²) in [4.78, 5) is 39.1. The van der Waals surface area contributed by atoms with E-state index < -0.39 is 0 Å². The topological polar surface area (TPSA) is 75.6 Å². The third-order valence-corrected chi connectivity index (χ3v) is 7.23. The van der Waals surface area contributed by atoms with E-state index in [0.717, 1.165) is 49.2 Å². The van der Waals surface area contributed by atoms with Crippen molar-refractivity contribution in [2.24, 2.45) is 5.92 Å². The number of hydrogen-bond acceptors (Lipinski definition) is 6. The molecule has 4 rings (SSSR count). The Morgan fingerprint density at radius 3 is 2.50 bits per heavy atom. The molecule has 2 saturated heterocycles. The zero-order valence-corrected chi connectivity index (χ0v) is 18.4. The number of likely N-dealkylation sites (tertiary alicyclic amines) is 2. The molecule has 30 heavy (non-hydrogen) atoms. The number of thiazole rings is 1. The maximum absolute atomic E-state index is 13.2. The molecule has 2 fully saturated rings. The number of aromatic nitrogens is 2. The molecular formula is C22H28N4O3S. The van der Waals surface area contributed by atoms with E-state index in [4.69, 9.17) is 4.74 Å². The summed E-state index contributed by atoms with van der Waals surface area (Å²) in [6.45, 7) is 4.15. The van der Waals surface area contributed by atoms with Gasteiger partial charge < -0.3 is 14.5 Å². The van der Waals surface area contributed by atoms with Crippen LogP contribution in [0.1, 0.15) is 57.8 Å². The minimum absolute atomic E-state index is 0.0143. The molecule has 0 aliphatic carbocycles. The predicted molar refractivity (Wildman–Crippen MR) is 115 cm³/mol. The summed E-state index contributed by atoms with van der Waals surface area (Å²) in [5.74, 6) is 1.08. The molecule has 2 aliphatic rings. The van der Waals surface area contributed by atoms with E-state index in [1.165, 1.54) is 11.3 Å². The van der Waals surface area contributed by atoms with E-state index in [0.29, 0.717) is 30.5 Å². The molecule has 4 heterocycles. The fraction of sp³-hybridized carbons (Fsp3) is 0.545. The highest BCUT2D eigenvalue weighted by molar-refractivity contribution is 7.11. The summed E-state index contributed by atoms with van der Waals surface area (Å²) in [7, 11) is 1.56. The lowest BCUT2D eigenvalue weighted by atomic mass is 9.83. The number of pyridine rings is 1. The molecule has 0 unspecified atom stereocenters. The highest BCUT2D eigenvalue weighted by atomic mass is 32.1. The van der Waals surface area contributed by atoms with Crippen LogP contribution in [0, 0.1) is 12.8 Å². The zero-order chi connectivity index (χ0) is 21.1. The van der Waals surface area contributed by atoms with Crippen LogP contribution in [-0.2, 0) is 0 Å². The van der Waals surface area contributed by atoms with Crippen LogP contribution in [0.4, 0.5) is 0 Å². The molecule has 7 nitrogen and oxygen atoms in total. The van der Waals surface area contributed by atoms with Gasteiger partial charge in [0.05, 0.1) is 23.9 Å². The number of aryl methyl sites for hydroxylation is 1. The summed E-state index contributed by atoms with van der Waals surface area (Å²) in [6.07, 6.45) is 6.68. The number of nitrogens with zero attached hydrogens (tertiary/aromatic N) is 4. The number of ether oxygens (including phenoxy) is 1. The van der Waals surface area contributed by atoms with Gasteiger partial charge in [0.25, 0.3) is 11.8 Å². The minimum atomic E-state index is 0.0143. The lowest BCUT2D eigenvalue weighted by Crippen LogP contribution is -2.51. The normalized spacial score (nSPS) is 20.3. The predicted octanol–water partition coefficient (Wildman–Crippen LogP) is 3.40. The van der Waals surface area contributed by atoms with E-state index in [-0.39, 0.29) is 17.9 Å². The lowest BCUT2D eigenvalue weighted by molar-refractivity contribution is 0.0377. The number of piperidine rings is 2. The number of hydrogen-bond donors (Lipinski definition) is 0. The van der Waals surface area contributed by atoms with Gasteiger partial charge >= 0.3 is 0 Å². The van der Waals surface area contributed by atoms with Crippen LogP contribution in [0.2, 0.25) is 0 Å². The van der Waals surface area contributed by atoms with Crippen LogP contribution in [0.15, 0.2) is 23.8 Å². The molecule has 8 heteroatoms. The third kappa shape index (κ3) is 4.19. The smallest absolute Gasteiger partial charge is 0.266 e. The zero-order valence-electron chi connectivity index (χ0n) is 17.5. The van der Waals surface area contributed by atoms with Gasteiger partial charge in [-0.2, -0.15) is 0 Å². The van der Waals surface area contributed by atoms with E-state index in [9.17, 15) is 9.59 Å². The van der Waals surface area contributed by atoms with Crippen molar-refractivity contribution in [1.29, 1.82) is 0 Å². The largest absolute Gasteiger partial charge is 0.481 e. The van der Waals surface area contributed by atoms with Crippen LogP contribution < -0.4 is 4.74 Å². The van der Waals surface area contributed by atoms with Crippen molar-refractivity contribution >= 4 is 23.2 Å². The van der Waals surface area contributed by atoms with Gasteiger partial charge in [-0.05, 0) is 51.0 Å². The maximum Gasteiger partial charge on any atom is 0.266 e. The highest BCUT2D eigenvalue weighted by Gasteiger charge is 2.36. The van der Waals surface area contributed by atoms with Gasteiger partial charge in [-0.3, -0.25) is 9.59 Å². The van der Waals surface area contributed by atoms with Crippen molar-refractivity contribution in [2.45, 2.75) is 45.1 Å². The second-order valence-corrected chi connectivity index (χ2v) is 8.90. The summed E-state index contributed by atoms with van der Waals surface area (Å²) in [6, 6.07) is 3.74. The Morgan fingerprint density at radius 2 is 1.87 bits per heavy atom. The highest BCUT2D eigenvalue weighted by Crippen LogP contribution is 2.32. The molecule has 0 spiro atoms. The Morgan fingerprint density at radius 1 is 1.07 bits per heavy atom. The SMILES string of the molecule is COc1ccc(C(=O)N2CCC([C@@H]3CCCCN3C(=O)c3scnc3C)CC2)cn1. The Labute approximate surface area is 181 Å². The van der Waals surface area contributed by atoms with E-state index in [1.807, 2.05) is 11.8 Å². The molecule has 1 atom stereocenters. The standard InChI is InChI=1S/C22H28N4O3S/c1-15-20(30-14-24-15)22(28)26-10-4-3-5-18(26)16-8-11-25(12-9-16)21(27)17-6-7-19(29-2)23-13-17/h6-7,13-14,16,18H,3-5,8-12H2,1-2H3/t18-/m0/s1. The van der Waals surface area contributed by atoms with Crippen LogP contribution in [0.3, 0.4) is 0 Å². The first-order chi connectivity index (χ1) is 14.6. The quantitative estimate of drug-likeness (QED) is 0.746. The second kappa shape index (κ2) is 9.12. The van der Waals surface area contributed by atoms with E-state index in [2.05, 4.69) is 14.9 Å². The Balaban J connectivity index is 1.40. The molecule has 2 aromatic rings. The van der Waals surface area contributed by atoms with Crippen molar-refractivity contribution in [2.75, 3.05) is 26.7 Å². The van der Waals surface area contributed by atoms with Gasteiger partial charge in [0, 0.05) is 37.9 Å². The number of rotatable bonds is 4. The van der Waals surface area contributed by atoms with Crippen LogP contribution >= 0.6 is 11.3 Å². The van der Waals surface area contributed by atoms with Crippen LogP contribution in [0.25, 0.3) is 0 Å². The fourth-order valence-corrected chi connectivity index (χ4v) is 5.39. The first-order valence-electron chi connectivity index (χ1n) is 10.6. The van der Waals surface area contributed by atoms with Crippen molar-refractivity contribution in [3.8, 4) is 5.88 Å². The molecule has 0 radical (unpaired) electrons. The fourth-order valence-electron chi connectivity index (χ4n) is 4.63.